The van der Waals surface area contributed by atoms with Gasteiger partial charge in [0.15, 0.2) is 0 Å². The Hall–Kier alpha value is -2.49. The highest BCUT2D eigenvalue weighted by atomic mass is 16.5. The Labute approximate surface area is 110 Å². The number of rotatable bonds is 2. The van der Waals surface area contributed by atoms with E-state index < -0.39 is 0 Å². The summed E-state index contributed by atoms with van der Waals surface area (Å²) in [5.41, 5.74) is 3.32. The molecule has 94 valence electrons. The average molecular weight is 252 g/mol. The molecule has 0 saturated carbocycles. The summed E-state index contributed by atoms with van der Waals surface area (Å²) in [6.07, 6.45) is 2.30. The van der Waals surface area contributed by atoms with Crippen LogP contribution in [-0.4, -0.2) is 23.7 Å². The second-order valence-electron chi connectivity index (χ2n) is 4.28. The molecule has 2 aromatic rings. The van der Waals surface area contributed by atoms with Gasteiger partial charge in [-0.3, -0.25) is 4.79 Å². The van der Waals surface area contributed by atoms with Gasteiger partial charge in [-0.2, -0.15) is 0 Å². The van der Waals surface area contributed by atoms with Gasteiger partial charge in [-0.25, -0.2) is 9.98 Å². The number of methoxy groups -OCH3 is 1. The summed E-state index contributed by atoms with van der Waals surface area (Å²) in [6, 6.07) is 11.2. The maximum Gasteiger partial charge on any atom is 0.277 e. The highest BCUT2D eigenvalue weighted by molar-refractivity contribution is 6.15. The van der Waals surface area contributed by atoms with E-state index in [4.69, 9.17) is 4.74 Å². The molecule has 1 aromatic carbocycles. The van der Waals surface area contributed by atoms with Crippen LogP contribution in [0.5, 0.6) is 5.88 Å². The van der Waals surface area contributed by atoms with Crippen molar-refractivity contribution in [2.24, 2.45) is 4.99 Å². The molecule has 2 heterocycles. The summed E-state index contributed by atoms with van der Waals surface area (Å²) < 4.78 is 5.09. The van der Waals surface area contributed by atoms with Gasteiger partial charge in [0.1, 0.15) is 0 Å². The van der Waals surface area contributed by atoms with Crippen LogP contribution in [0.3, 0.4) is 0 Å². The summed E-state index contributed by atoms with van der Waals surface area (Å²) in [6.45, 7) is 0. The van der Waals surface area contributed by atoms with Crippen LogP contribution in [0.2, 0.25) is 0 Å². The van der Waals surface area contributed by atoms with Gasteiger partial charge in [0.05, 0.1) is 12.8 Å². The lowest BCUT2D eigenvalue weighted by molar-refractivity contribution is 0.1000. The summed E-state index contributed by atoms with van der Waals surface area (Å²) in [4.78, 5) is 20.2. The second-order valence-corrected chi connectivity index (χ2v) is 4.28. The number of benzene rings is 1. The molecule has 0 unspecified atom stereocenters. The summed E-state index contributed by atoms with van der Waals surface area (Å²) in [5, 5.41) is 0. The molecule has 0 radical (unpaired) electrons. The predicted octanol–water partition coefficient (Wildman–Crippen LogP) is 2.28. The molecule has 4 nitrogen and oxygen atoms in total. The van der Waals surface area contributed by atoms with Gasteiger partial charge in [0.25, 0.3) is 5.91 Å². The van der Waals surface area contributed by atoms with Crippen LogP contribution in [0, 0.1) is 0 Å². The summed E-state index contributed by atoms with van der Waals surface area (Å²) in [7, 11) is 1.56. The molecule has 0 N–H and O–H groups in total. The van der Waals surface area contributed by atoms with E-state index in [-0.39, 0.29) is 5.91 Å². The predicted molar refractivity (Wildman–Crippen MR) is 71.8 cm³/mol. The van der Waals surface area contributed by atoms with E-state index in [1.54, 1.807) is 19.4 Å². The quantitative estimate of drug-likeness (QED) is 0.823. The number of carbonyl (C=O) groups excluding carboxylic acids is 1. The van der Waals surface area contributed by atoms with E-state index in [1.807, 2.05) is 30.3 Å². The van der Waals surface area contributed by atoms with Crippen LogP contribution in [0.25, 0.3) is 0 Å². The SMILES string of the molecule is COc1cc(C2=NC(=O)c3ccccc3C2)ccn1. The summed E-state index contributed by atoms with van der Waals surface area (Å²) in [5.74, 6) is 0.333. The summed E-state index contributed by atoms with van der Waals surface area (Å²) >= 11 is 0. The van der Waals surface area contributed by atoms with Crippen LogP contribution in [0.1, 0.15) is 21.5 Å². The lowest BCUT2D eigenvalue weighted by atomic mass is 9.95. The van der Waals surface area contributed by atoms with Crippen molar-refractivity contribution in [3.8, 4) is 5.88 Å². The van der Waals surface area contributed by atoms with Crippen molar-refractivity contribution < 1.29 is 9.53 Å². The fraction of sp³-hybridized carbons (Fsp3) is 0.133. The van der Waals surface area contributed by atoms with Crippen LogP contribution < -0.4 is 4.74 Å². The maximum atomic E-state index is 12.0. The van der Waals surface area contributed by atoms with Gasteiger partial charge >= 0.3 is 0 Å². The molecule has 1 amide bonds. The van der Waals surface area contributed by atoms with Crippen molar-refractivity contribution in [1.29, 1.82) is 0 Å². The number of hydrogen-bond acceptors (Lipinski definition) is 3. The molecule has 4 heteroatoms. The zero-order valence-corrected chi connectivity index (χ0v) is 10.5. The van der Waals surface area contributed by atoms with Crippen molar-refractivity contribution >= 4 is 11.6 Å². The molecule has 19 heavy (non-hydrogen) atoms. The van der Waals surface area contributed by atoms with Crippen molar-refractivity contribution in [3.05, 3.63) is 59.3 Å². The normalized spacial score (nSPS) is 13.7. The molecule has 1 aliphatic rings. The Morgan fingerprint density at radius 2 is 2.05 bits per heavy atom. The van der Waals surface area contributed by atoms with Gasteiger partial charge in [-0.05, 0) is 17.7 Å². The fourth-order valence-electron chi connectivity index (χ4n) is 2.15. The lowest BCUT2D eigenvalue weighted by Gasteiger charge is -2.15. The third-order valence-corrected chi connectivity index (χ3v) is 3.12. The topological polar surface area (TPSA) is 51.5 Å². The Morgan fingerprint density at radius 1 is 1.21 bits per heavy atom. The number of hydrogen-bond donors (Lipinski definition) is 0. The van der Waals surface area contributed by atoms with Gasteiger partial charge in [-0.15, -0.1) is 0 Å². The standard InChI is InChI=1S/C15H12N2O2/c1-19-14-9-11(6-7-16-14)13-8-10-4-2-3-5-12(10)15(18)17-13/h2-7,9H,8H2,1H3. The maximum absolute atomic E-state index is 12.0. The first-order valence-electron chi connectivity index (χ1n) is 5.98. The van der Waals surface area contributed by atoms with E-state index in [2.05, 4.69) is 9.98 Å². The number of ether oxygens (including phenoxy) is 1. The van der Waals surface area contributed by atoms with Gasteiger partial charge in [-0.1, -0.05) is 18.2 Å². The smallest absolute Gasteiger partial charge is 0.277 e. The van der Waals surface area contributed by atoms with E-state index in [0.717, 1.165) is 16.8 Å². The Balaban J connectivity index is 2.02. The van der Waals surface area contributed by atoms with Gasteiger partial charge < -0.3 is 4.74 Å². The minimum absolute atomic E-state index is 0.187. The number of fused-ring (bicyclic) bond motifs is 1. The zero-order chi connectivity index (χ0) is 13.2. The fourth-order valence-corrected chi connectivity index (χ4v) is 2.15. The third kappa shape index (κ3) is 2.12. The van der Waals surface area contributed by atoms with Crippen LogP contribution in [-0.2, 0) is 6.42 Å². The highest BCUT2D eigenvalue weighted by Gasteiger charge is 2.19. The van der Waals surface area contributed by atoms with Crippen LogP contribution in [0.15, 0.2) is 47.6 Å². The van der Waals surface area contributed by atoms with E-state index in [9.17, 15) is 4.79 Å². The first-order chi connectivity index (χ1) is 9.28. The molecule has 0 spiro atoms. The zero-order valence-electron chi connectivity index (χ0n) is 10.5. The van der Waals surface area contributed by atoms with Crippen LogP contribution >= 0.6 is 0 Å². The second kappa shape index (κ2) is 4.65. The van der Waals surface area contributed by atoms with Crippen LogP contribution in [0.4, 0.5) is 0 Å². The van der Waals surface area contributed by atoms with E-state index in [0.29, 0.717) is 17.9 Å². The molecular formula is C15H12N2O2. The number of carbonyl (C=O) groups is 1. The Kier molecular flexibility index (Phi) is 2.83. The number of nitrogens with zero attached hydrogens (tertiary/aromatic N) is 2. The molecule has 1 aromatic heterocycles. The number of aliphatic imine (C=N–C) groups is 1. The molecule has 0 aliphatic carbocycles. The molecule has 0 saturated heterocycles. The Morgan fingerprint density at radius 3 is 2.89 bits per heavy atom. The minimum atomic E-state index is -0.187. The van der Waals surface area contributed by atoms with E-state index >= 15 is 0 Å². The first kappa shape index (κ1) is 11.6. The monoisotopic (exact) mass is 252 g/mol. The molecule has 0 bridgehead atoms. The number of pyridine rings is 1. The van der Waals surface area contributed by atoms with Crippen molar-refractivity contribution in [3.63, 3.8) is 0 Å². The molecule has 3 rings (SSSR count). The lowest BCUT2D eigenvalue weighted by Crippen LogP contribution is -2.17. The van der Waals surface area contributed by atoms with Gasteiger partial charge in [0.2, 0.25) is 5.88 Å². The van der Waals surface area contributed by atoms with Crippen molar-refractivity contribution in [1.82, 2.24) is 4.98 Å². The molecule has 1 aliphatic heterocycles. The molecule has 0 fully saturated rings. The first-order valence-corrected chi connectivity index (χ1v) is 5.98. The van der Waals surface area contributed by atoms with Crippen molar-refractivity contribution in [2.75, 3.05) is 7.11 Å². The minimum Gasteiger partial charge on any atom is -0.481 e. The highest BCUT2D eigenvalue weighted by Crippen LogP contribution is 2.20. The van der Waals surface area contributed by atoms with E-state index in [1.165, 1.54) is 0 Å². The van der Waals surface area contributed by atoms with Gasteiger partial charge in [0, 0.05) is 29.8 Å². The molecule has 0 atom stereocenters. The molecular weight excluding hydrogens is 240 g/mol. The average Bonchev–Trinajstić information content (AvgIpc) is 2.47. The Bertz CT molecular complexity index is 677. The third-order valence-electron chi connectivity index (χ3n) is 3.12. The largest absolute Gasteiger partial charge is 0.481 e. The number of amides is 1. The van der Waals surface area contributed by atoms with Crippen molar-refractivity contribution in [2.45, 2.75) is 6.42 Å². The number of aromatic nitrogens is 1.